The number of nitrogens with zero attached hydrogens (tertiary/aromatic N) is 2. The van der Waals surface area contributed by atoms with Crippen LogP contribution in [0.2, 0.25) is 0 Å². The van der Waals surface area contributed by atoms with Gasteiger partial charge in [-0.25, -0.2) is 9.59 Å². The van der Waals surface area contributed by atoms with Gasteiger partial charge in [0.15, 0.2) is 0 Å². The van der Waals surface area contributed by atoms with Crippen molar-refractivity contribution in [3.05, 3.63) is 53.1 Å². The van der Waals surface area contributed by atoms with Crippen LogP contribution in [0.4, 0.5) is 21.9 Å². The number of benzene rings is 2. The van der Waals surface area contributed by atoms with Crippen LogP contribution in [-0.2, 0) is 16.8 Å². The number of rotatable bonds is 3. The van der Waals surface area contributed by atoms with Crippen molar-refractivity contribution in [2.45, 2.75) is 51.7 Å². The molecule has 0 unspecified atom stereocenters. The molecule has 3 N–H and O–H groups in total. The molecule has 1 amide bonds. The number of nitrogens with two attached hydrogens (primary N) is 1. The number of piperidine rings is 1. The average molecular weight is 424 g/mol. The van der Waals surface area contributed by atoms with Crippen molar-refractivity contribution < 1.29 is 19.4 Å². The molecular formula is C24H29N3O4. The van der Waals surface area contributed by atoms with E-state index in [0.29, 0.717) is 17.9 Å². The predicted molar refractivity (Wildman–Crippen MR) is 121 cm³/mol. The van der Waals surface area contributed by atoms with Gasteiger partial charge in [0.2, 0.25) is 0 Å². The van der Waals surface area contributed by atoms with E-state index in [1.54, 1.807) is 17.0 Å². The first-order valence-corrected chi connectivity index (χ1v) is 10.6. The lowest BCUT2D eigenvalue weighted by Crippen LogP contribution is -2.49. The minimum absolute atomic E-state index is 0.0480. The van der Waals surface area contributed by atoms with Crippen molar-refractivity contribution >= 4 is 29.1 Å². The largest absolute Gasteiger partial charge is 0.478 e. The van der Waals surface area contributed by atoms with Gasteiger partial charge in [-0.2, -0.15) is 0 Å². The Hall–Kier alpha value is -3.22. The third kappa shape index (κ3) is 3.80. The van der Waals surface area contributed by atoms with Crippen molar-refractivity contribution in [3.8, 4) is 0 Å². The number of carbonyl (C=O) groups excluding carboxylic acids is 1. The van der Waals surface area contributed by atoms with Crippen LogP contribution in [0, 0.1) is 0 Å². The highest BCUT2D eigenvalue weighted by atomic mass is 16.6. The van der Waals surface area contributed by atoms with Crippen molar-refractivity contribution in [1.29, 1.82) is 0 Å². The molecule has 7 heteroatoms. The lowest BCUT2D eigenvalue weighted by atomic mass is 9.81. The number of carbonyl (C=O) groups is 2. The highest BCUT2D eigenvalue weighted by molar-refractivity contribution is 5.94. The molecule has 2 heterocycles. The number of hydrogen-bond donors (Lipinski definition) is 2. The minimum Gasteiger partial charge on any atom is -0.478 e. The van der Waals surface area contributed by atoms with Crippen molar-refractivity contribution in [2.24, 2.45) is 0 Å². The summed E-state index contributed by atoms with van der Waals surface area (Å²) in [5.74, 6) is -0.968. The van der Waals surface area contributed by atoms with Gasteiger partial charge in [0.25, 0.3) is 0 Å². The Morgan fingerprint density at radius 1 is 1.10 bits per heavy atom. The van der Waals surface area contributed by atoms with Crippen LogP contribution < -0.4 is 15.5 Å². The van der Waals surface area contributed by atoms with Gasteiger partial charge < -0.3 is 20.5 Å². The van der Waals surface area contributed by atoms with Crippen LogP contribution in [0.3, 0.4) is 0 Å². The van der Waals surface area contributed by atoms with E-state index in [4.69, 9.17) is 10.5 Å². The minimum atomic E-state index is -0.968. The molecule has 0 aliphatic carbocycles. The zero-order valence-electron chi connectivity index (χ0n) is 18.2. The molecule has 2 aliphatic heterocycles. The van der Waals surface area contributed by atoms with Crippen molar-refractivity contribution in [2.75, 3.05) is 28.6 Å². The molecule has 164 valence electrons. The SMILES string of the molecule is CC(C)(C)c1c(C(=O)O)ccc(N2CCC(N3C(=O)OCc4ccccc43)CC2)c1N. The lowest BCUT2D eigenvalue weighted by Gasteiger charge is -2.41. The van der Waals surface area contributed by atoms with E-state index in [2.05, 4.69) is 4.90 Å². The lowest BCUT2D eigenvalue weighted by molar-refractivity contribution is 0.0694. The number of cyclic esters (lactones) is 1. The summed E-state index contributed by atoms with van der Waals surface area (Å²) in [4.78, 5) is 28.2. The molecule has 0 spiro atoms. The van der Waals surface area contributed by atoms with Crippen LogP contribution in [-0.4, -0.2) is 36.3 Å². The second-order valence-electron chi connectivity index (χ2n) is 9.25. The number of anilines is 3. The molecule has 1 fully saturated rings. The molecule has 0 radical (unpaired) electrons. The summed E-state index contributed by atoms with van der Waals surface area (Å²) in [6, 6.07) is 11.4. The molecule has 1 saturated heterocycles. The van der Waals surface area contributed by atoms with Gasteiger partial charge >= 0.3 is 12.1 Å². The molecule has 2 aromatic carbocycles. The van der Waals surface area contributed by atoms with E-state index >= 15 is 0 Å². The fraction of sp³-hybridized carbons (Fsp3) is 0.417. The Balaban J connectivity index is 1.58. The Morgan fingerprint density at radius 2 is 1.77 bits per heavy atom. The first-order chi connectivity index (χ1) is 14.7. The van der Waals surface area contributed by atoms with Gasteiger partial charge in [-0.1, -0.05) is 39.0 Å². The fourth-order valence-corrected chi connectivity index (χ4v) is 4.76. The highest BCUT2D eigenvalue weighted by Crippen LogP contribution is 2.39. The van der Waals surface area contributed by atoms with Gasteiger partial charge in [-0.3, -0.25) is 4.90 Å². The molecule has 7 nitrogen and oxygen atoms in total. The highest BCUT2D eigenvalue weighted by Gasteiger charge is 2.35. The molecule has 4 rings (SSSR count). The van der Waals surface area contributed by atoms with Gasteiger partial charge in [-0.05, 0) is 42.0 Å². The Labute approximate surface area is 182 Å². The monoisotopic (exact) mass is 423 g/mol. The van der Waals surface area contributed by atoms with Gasteiger partial charge in [-0.15, -0.1) is 0 Å². The van der Waals surface area contributed by atoms with Crippen LogP contribution in [0.25, 0.3) is 0 Å². The van der Waals surface area contributed by atoms with Gasteiger partial charge in [0.05, 0.1) is 22.6 Å². The number of fused-ring (bicyclic) bond motifs is 1. The summed E-state index contributed by atoms with van der Waals surface area (Å²) in [7, 11) is 0. The van der Waals surface area contributed by atoms with E-state index in [0.717, 1.165) is 42.9 Å². The second kappa shape index (κ2) is 7.80. The Kier molecular flexibility index (Phi) is 5.29. The maximum atomic E-state index is 12.5. The van der Waals surface area contributed by atoms with E-state index in [-0.39, 0.29) is 17.7 Å². The topological polar surface area (TPSA) is 96.1 Å². The molecule has 0 saturated carbocycles. The second-order valence-corrected chi connectivity index (χ2v) is 9.25. The number of hydrogen-bond acceptors (Lipinski definition) is 5. The number of aromatic carboxylic acids is 1. The quantitative estimate of drug-likeness (QED) is 0.711. The molecular weight excluding hydrogens is 394 g/mol. The molecule has 2 aliphatic rings. The van der Waals surface area contributed by atoms with Crippen LogP contribution in [0.5, 0.6) is 0 Å². The molecule has 2 aromatic rings. The third-order valence-corrected chi connectivity index (χ3v) is 6.17. The number of ether oxygens (including phenoxy) is 1. The Morgan fingerprint density at radius 3 is 2.42 bits per heavy atom. The van der Waals surface area contributed by atoms with E-state index in [1.165, 1.54) is 0 Å². The number of carboxylic acid groups (broad SMARTS) is 1. The van der Waals surface area contributed by atoms with E-state index in [1.807, 2.05) is 45.0 Å². The van der Waals surface area contributed by atoms with Crippen LogP contribution in [0.1, 0.15) is 55.1 Å². The Bertz CT molecular complexity index is 1020. The van der Waals surface area contributed by atoms with Crippen molar-refractivity contribution in [3.63, 3.8) is 0 Å². The summed E-state index contributed by atoms with van der Waals surface area (Å²) in [5.41, 5.74) is 10.4. The first kappa shape index (κ1) is 21.0. The normalized spacial score (nSPS) is 17.3. The zero-order chi connectivity index (χ0) is 22.3. The number of amides is 1. The predicted octanol–water partition coefficient (Wildman–Crippen LogP) is 4.39. The number of carboxylic acids is 1. The number of nitrogen functional groups attached to an aromatic ring is 1. The van der Waals surface area contributed by atoms with Crippen molar-refractivity contribution in [1.82, 2.24) is 0 Å². The van der Waals surface area contributed by atoms with Crippen LogP contribution in [0.15, 0.2) is 36.4 Å². The standard InChI is InChI=1S/C24H29N3O4/c1-24(2,3)20-17(22(28)29)8-9-19(21(20)25)26-12-10-16(11-13-26)27-18-7-5-4-6-15(18)14-31-23(27)30/h4-9,16H,10-14,25H2,1-3H3,(H,28,29). The number of para-hydroxylation sites is 1. The summed E-state index contributed by atoms with van der Waals surface area (Å²) in [6.45, 7) is 7.67. The van der Waals surface area contributed by atoms with Gasteiger partial charge in [0, 0.05) is 24.7 Å². The summed E-state index contributed by atoms with van der Waals surface area (Å²) in [5, 5.41) is 9.62. The fourth-order valence-electron chi connectivity index (χ4n) is 4.76. The average Bonchev–Trinajstić information content (AvgIpc) is 2.72. The smallest absolute Gasteiger partial charge is 0.414 e. The summed E-state index contributed by atoms with van der Waals surface area (Å²) >= 11 is 0. The molecule has 0 atom stereocenters. The maximum absolute atomic E-state index is 12.5. The molecule has 0 aromatic heterocycles. The van der Waals surface area contributed by atoms with Gasteiger partial charge in [0.1, 0.15) is 6.61 Å². The molecule has 0 bridgehead atoms. The summed E-state index contributed by atoms with van der Waals surface area (Å²) < 4.78 is 5.39. The van der Waals surface area contributed by atoms with E-state index < -0.39 is 11.4 Å². The third-order valence-electron chi connectivity index (χ3n) is 6.17. The zero-order valence-corrected chi connectivity index (χ0v) is 18.2. The van der Waals surface area contributed by atoms with E-state index in [9.17, 15) is 14.7 Å². The molecule has 31 heavy (non-hydrogen) atoms. The first-order valence-electron chi connectivity index (χ1n) is 10.6. The van der Waals surface area contributed by atoms with Crippen LogP contribution >= 0.6 is 0 Å². The summed E-state index contributed by atoms with van der Waals surface area (Å²) in [6.07, 6.45) is 1.25. The maximum Gasteiger partial charge on any atom is 0.414 e.